The number of hydrogen-bond acceptors (Lipinski definition) is 2. The molecule has 0 aromatic rings. The molecule has 0 bridgehead atoms. The lowest BCUT2D eigenvalue weighted by Crippen LogP contribution is -2.32. The molecule has 2 aliphatic carbocycles. The Labute approximate surface area is 102 Å². The molecule has 2 rings (SSSR count). The first kappa shape index (κ1) is 11.8. The van der Waals surface area contributed by atoms with Gasteiger partial charge >= 0.3 is 0 Å². The predicted molar refractivity (Wildman–Crippen MR) is 69.5 cm³/mol. The molecular weight excluding hydrogens is 210 g/mol. The molecule has 17 heavy (non-hydrogen) atoms. The van der Waals surface area contributed by atoms with Crippen molar-refractivity contribution in [2.45, 2.75) is 31.7 Å². The normalized spacial score (nSPS) is 24.2. The van der Waals surface area contributed by atoms with Gasteiger partial charge in [0.15, 0.2) is 0 Å². The van der Waals surface area contributed by atoms with E-state index in [4.69, 9.17) is 5.53 Å². The zero-order valence-electron chi connectivity index (χ0n) is 9.97. The number of hydrogen-bond donors (Lipinski definition) is 2. The summed E-state index contributed by atoms with van der Waals surface area (Å²) in [6.45, 7) is 0. The molecule has 0 amide bonds. The third-order valence-corrected chi connectivity index (χ3v) is 3.29. The van der Waals surface area contributed by atoms with Gasteiger partial charge in [0.05, 0.1) is 6.04 Å². The Morgan fingerprint density at radius 2 is 2.29 bits per heavy atom. The molecule has 0 spiro atoms. The highest BCUT2D eigenvalue weighted by atomic mass is 15.4. The van der Waals surface area contributed by atoms with Gasteiger partial charge in [0.25, 0.3) is 0 Å². The number of nitrogens with one attached hydrogen (secondary N) is 2. The van der Waals surface area contributed by atoms with Gasteiger partial charge in [-0.1, -0.05) is 53.3 Å². The topological polar surface area (TPSA) is 48.2 Å². The molecule has 3 heteroatoms. The van der Waals surface area contributed by atoms with Gasteiger partial charge in [-0.05, 0) is 25.7 Å². The predicted octanol–water partition coefficient (Wildman–Crippen LogP) is 3.69. The standard InChI is InChI=1S/C14H19N3/c15-17-16-14(13-9-5-2-6-10-13)11-12-7-3-1-4-8-12/h2-3,5-9,13-14H,1,4,10-11H2,(H2,15,16)/t13?,14-/m0/s1. The molecule has 2 N–H and O–H groups in total. The fraction of sp³-hybridized carbons (Fsp3) is 0.429. The van der Waals surface area contributed by atoms with Gasteiger partial charge in [-0.25, -0.2) is 0 Å². The van der Waals surface area contributed by atoms with E-state index < -0.39 is 0 Å². The average Bonchev–Trinajstić information content (AvgIpc) is 2.40. The van der Waals surface area contributed by atoms with Crippen LogP contribution in [0.1, 0.15) is 25.7 Å². The molecule has 0 fully saturated rings. The maximum Gasteiger partial charge on any atom is 0.0562 e. The zero-order valence-corrected chi connectivity index (χ0v) is 9.97. The Balaban J connectivity index is 1.98. The van der Waals surface area contributed by atoms with Crippen molar-refractivity contribution in [1.82, 2.24) is 5.43 Å². The third kappa shape index (κ3) is 3.41. The molecular formula is C14H19N3. The van der Waals surface area contributed by atoms with E-state index in [1.807, 2.05) is 0 Å². The highest BCUT2D eigenvalue weighted by Crippen LogP contribution is 2.23. The average molecular weight is 229 g/mol. The van der Waals surface area contributed by atoms with Gasteiger partial charge in [0.1, 0.15) is 0 Å². The molecule has 1 unspecified atom stereocenters. The molecule has 2 aliphatic rings. The van der Waals surface area contributed by atoms with E-state index in [0.717, 1.165) is 25.7 Å². The summed E-state index contributed by atoms with van der Waals surface area (Å²) < 4.78 is 0. The van der Waals surface area contributed by atoms with Gasteiger partial charge < -0.3 is 0 Å². The Morgan fingerprint density at radius 3 is 2.94 bits per heavy atom. The second-order valence-electron chi connectivity index (χ2n) is 4.52. The van der Waals surface area contributed by atoms with E-state index in [-0.39, 0.29) is 6.04 Å². The van der Waals surface area contributed by atoms with E-state index in [2.05, 4.69) is 53.2 Å². The van der Waals surface area contributed by atoms with E-state index >= 15 is 0 Å². The Hall–Kier alpha value is -1.64. The van der Waals surface area contributed by atoms with Crippen molar-refractivity contribution in [3.05, 3.63) is 48.1 Å². The lowest BCUT2D eigenvalue weighted by atomic mass is 9.88. The molecule has 2 atom stereocenters. The maximum absolute atomic E-state index is 7.00. The molecule has 0 aromatic heterocycles. The monoisotopic (exact) mass is 229 g/mol. The zero-order chi connectivity index (χ0) is 11.9. The van der Waals surface area contributed by atoms with Crippen LogP contribution in [-0.4, -0.2) is 6.04 Å². The van der Waals surface area contributed by atoms with Gasteiger partial charge in [-0.2, -0.15) is 5.53 Å². The van der Waals surface area contributed by atoms with Gasteiger partial charge in [-0.3, -0.25) is 5.43 Å². The quantitative estimate of drug-likeness (QED) is 0.548. The molecule has 0 heterocycles. The van der Waals surface area contributed by atoms with Crippen molar-refractivity contribution >= 4 is 0 Å². The summed E-state index contributed by atoms with van der Waals surface area (Å²) in [5.41, 5.74) is 11.3. The second-order valence-corrected chi connectivity index (χ2v) is 4.52. The first-order valence-corrected chi connectivity index (χ1v) is 6.21. The minimum atomic E-state index is 0.225. The molecule has 0 radical (unpaired) electrons. The van der Waals surface area contributed by atoms with Crippen LogP contribution in [0.25, 0.3) is 0 Å². The smallest absolute Gasteiger partial charge is 0.0562 e. The van der Waals surface area contributed by atoms with Crippen LogP contribution in [0.4, 0.5) is 0 Å². The third-order valence-electron chi connectivity index (χ3n) is 3.29. The van der Waals surface area contributed by atoms with Crippen LogP contribution in [0, 0.1) is 11.4 Å². The van der Waals surface area contributed by atoms with Crippen LogP contribution in [0.15, 0.2) is 53.3 Å². The van der Waals surface area contributed by atoms with Crippen LogP contribution in [0.3, 0.4) is 0 Å². The fourth-order valence-corrected chi connectivity index (χ4v) is 2.35. The highest BCUT2D eigenvalue weighted by molar-refractivity contribution is 5.24. The molecule has 0 saturated heterocycles. The number of rotatable bonds is 5. The molecule has 0 aliphatic heterocycles. The first-order valence-electron chi connectivity index (χ1n) is 6.21. The summed E-state index contributed by atoms with van der Waals surface area (Å²) in [7, 11) is 0. The summed E-state index contributed by atoms with van der Waals surface area (Å²) >= 11 is 0. The van der Waals surface area contributed by atoms with Crippen molar-refractivity contribution < 1.29 is 0 Å². The maximum atomic E-state index is 7.00. The second kappa shape index (κ2) is 6.18. The molecule has 0 aromatic carbocycles. The van der Waals surface area contributed by atoms with E-state index in [1.54, 1.807) is 0 Å². The minimum Gasteiger partial charge on any atom is -0.288 e. The molecule has 0 saturated carbocycles. The van der Waals surface area contributed by atoms with Crippen LogP contribution in [-0.2, 0) is 0 Å². The van der Waals surface area contributed by atoms with Crippen molar-refractivity contribution in [3.8, 4) is 0 Å². The summed E-state index contributed by atoms with van der Waals surface area (Å²) in [4.78, 5) is 0. The van der Waals surface area contributed by atoms with Gasteiger partial charge in [0, 0.05) is 5.92 Å². The number of allylic oxidation sites excluding steroid dienone is 6. The van der Waals surface area contributed by atoms with E-state index in [1.165, 1.54) is 5.57 Å². The first-order chi connectivity index (χ1) is 8.40. The molecule has 90 valence electrons. The fourth-order valence-electron chi connectivity index (χ4n) is 2.35. The van der Waals surface area contributed by atoms with Gasteiger partial charge in [0.2, 0.25) is 0 Å². The highest BCUT2D eigenvalue weighted by Gasteiger charge is 2.20. The Bertz CT molecular complexity index is 377. The van der Waals surface area contributed by atoms with Crippen LogP contribution in [0.5, 0.6) is 0 Å². The lowest BCUT2D eigenvalue weighted by molar-refractivity contribution is 0.400. The SMILES string of the molecule is N=NN[C@@H](CC1=CCCC=C1)C1C=CC=CC1. The van der Waals surface area contributed by atoms with E-state index in [9.17, 15) is 0 Å². The van der Waals surface area contributed by atoms with Crippen molar-refractivity contribution in [2.24, 2.45) is 11.1 Å². The largest absolute Gasteiger partial charge is 0.288 e. The van der Waals surface area contributed by atoms with Crippen molar-refractivity contribution in [3.63, 3.8) is 0 Å². The van der Waals surface area contributed by atoms with Crippen molar-refractivity contribution in [2.75, 3.05) is 0 Å². The van der Waals surface area contributed by atoms with Crippen molar-refractivity contribution in [1.29, 1.82) is 5.53 Å². The van der Waals surface area contributed by atoms with Crippen LogP contribution in [0.2, 0.25) is 0 Å². The summed E-state index contributed by atoms with van der Waals surface area (Å²) in [5, 5.41) is 3.37. The van der Waals surface area contributed by atoms with Crippen LogP contribution >= 0.6 is 0 Å². The van der Waals surface area contributed by atoms with E-state index in [0.29, 0.717) is 5.92 Å². The Kier molecular flexibility index (Phi) is 4.30. The number of nitrogens with zero attached hydrogens (tertiary/aromatic N) is 1. The summed E-state index contributed by atoms with van der Waals surface area (Å²) in [6, 6.07) is 0.225. The Morgan fingerprint density at radius 1 is 1.35 bits per heavy atom. The lowest BCUT2D eigenvalue weighted by Gasteiger charge is -2.25. The minimum absolute atomic E-state index is 0.225. The summed E-state index contributed by atoms with van der Waals surface area (Å²) in [6.07, 6.45) is 19.5. The van der Waals surface area contributed by atoms with Crippen LogP contribution < -0.4 is 5.43 Å². The molecule has 3 nitrogen and oxygen atoms in total. The van der Waals surface area contributed by atoms with Gasteiger partial charge in [-0.15, -0.1) is 0 Å². The summed E-state index contributed by atoms with van der Waals surface area (Å²) in [5.74, 6) is 0.435.